The Kier molecular flexibility index (Phi) is 7.64. The number of aliphatic imine (C=N–C) groups is 1. The maximum absolute atomic E-state index is 14.0. The third-order valence-electron chi connectivity index (χ3n) is 7.03. The Bertz CT molecular complexity index is 1440. The van der Waals surface area contributed by atoms with Crippen molar-refractivity contribution < 1.29 is 19.0 Å². The number of benzene rings is 4. The van der Waals surface area contributed by atoms with E-state index in [0.717, 1.165) is 28.1 Å². The van der Waals surface area contributed by atoms with Gasteiger partial charge in [-0.3, -0.25) is 0 Å². The van der Waals surface area contributed by atoms with Gasteiger partial charge in [0.1, 0.15) is 12.4 Å². The maximum Gasteiger partial charge on any atom is 0.336 e. The number of carbonyl (C=O) groups is 1. The van der Waals surface area contributed by atoms with Crippen molar-refractivity contribution >= 4 is 11.8 Å². The number of methoxy groups -OCH3 is 2. The Morgan fingerprint density at radius 3 is 2.05 bits per heavy atom. The van der Waals surface area contributed by atoms with Crippen LogP contribution in [0.25, 0.3) is 0 Å². The lowest BCUT2D eigenvalue weighted by Gasteiger charge is -2.35. The second-order valence-electron chi connectivity index (χ2n) is 9.64. The molecule has 1 aliphatic rings. The van der Waals surface area contributed by atoms with E-state index < -0.39 is 11.5 Å². The van der Waals surface area contributed by atoms with E-state index in [4.69, 9.17) is 19.2 Å². The van der Waals surface area contributed by atoms with Gasteiger partial charge in [0.25, 0.3) is 0 Å². The molecule has 6 nitrogen and oxygen atoms in total. The van der Waals surface area contributed by atoms with E-state index >= 15 is 0 Å². The summed E-state index contributed by atoms with van der Waals surface area (Å²) in [7, 11) is 3.17. The number of hydrogen-bond acceptors (Lipinski definition) is 6. The van der Waals surface area contributed by atoms with E-state index in [9.17, 15) is 4.79 Å². The molecule has 0 aromatic heterocycles. The largest absolute Gasteiger partial charge is 0.493 e. The summed E-state index contributed by atoms with van der Waals surface area (Å²) in [5.41, 5.74) is 2.69. The fraction of sp³-hybridized carbons (Fsp3) is 0.212. The van der Waals surface area contributed by atoms with Crippen LogP contribution in [0.15, 0.2) is 114 Å². The zero-order valence-corrected chi connectivity index (χ0v) is 22.4. The molecule has 0 bridgehead atoms. The minimum atomic E-state index is -1.18. The van der Waals surface area contributed by atoms with Crippen molar-refractivity contribution in [3.63, 3.8) is 0 Å². The van der Waals surface area contributed by atoms with Crippen LogP contribution in [0.4, 0.5) is 0 Å². The molecule has 2 unspecified atom stereocenters. The molecule has 0 radical (unpaired) electrons. The summed E-state index contributed by atoms with van der Waals surface area (Å²) in [6, 6.07) is 35.4. The van der Waals surface area contributed by atoms with Gasteiger partial charge < -0.3 is 19.1 Å². The molecule has 1 heterocycles. The lowest BCUT2D eigenvalue weighted by atomic mass is 9.87. The van der Waals surface area contributed by atoms with Crippen molar-refractivity contribution in [3.8, 4) is 11.5 Å². The molecule has 0 saturated carbocycles. The first-order valence-electron chi connectivity index (χ1n) is 12.9. The number of carbonyl (C=O) groups excluding carboxylic acids is 1. The monoisotopic (exact) mass is 520 g/mol. The highest BCUT2D eigenvalue weighted by Gasteiger charge is 2.52. The zero-order valence-electron chi connectivity index (χ0n) is 22.4. The molecule has 0 aliphatic carbocycles. The molecule has 0 saturated heterocycles. The first kappa shape index (κ1) is 26.0. The lowest BCUT2D eigenvalue weighted by molar-refractivity contribution is -0.152. The van der Waals surface area contributed by atoms with E-state index in [1.165, 1.54) is 0 Å². The van der Waals surface area contributed by atoms with Crippen LogP contribution in [0.3, 0.4) is 0 Å². The summed E-state index contributed by atoms with van der Waals surface area (Å²) in [4.78, 5) is 21.3. The second kappa shape index (κ2) is 11.4. The summed E-state index contributed by atoms with van der Waals surface area (Å²) >= 11 is 0. The van der Waals surface area contributed by atoms with Crippen LogP contribution in [0.2, 0.25) is 0 Å². The van der Waals surface area contributed by atoms with Gasteiger partial charge in [-0.25, -0.2) is 9.79 Å². The third kappa shape index (κ3) is 5.36. The molecule has 0 N–H and O–H groups in total. The fourth-order valence-corrected chi connectivity index (χ4v) is 5.10. The van der Waals surface area contributed by atoms with Gasteiger partial charge in [-0.05, 0) is 35.7 Å². The van der Waals surface area contributed by atoms with Gasteiger partial charge in [-0.15, -0.1) is 0 Å². The Balaban J connectivity index is 1.53. The number of ether oxygens (including phenoxy) is 3. The first-order valence-corrected chi connectivity index (χ1v) is 12.9. The van der Waals surface area contributed by atoms with Gasteiger partial charge >= 0.3 is 5.97 Å². The summed E-state index contributed by atoms with van der Waals surface area (Å²) in [5, 5.41) is 0. The number of nitrogens with zero attached hydrogens (tertiary/aromatic N) is 2. The smallest absolute Gasteiger partial charge is 0.336 e. The summed E-state index contributed by atoms with van der Waals surface area (Å²) < 4.78 is 16.7. The van der Waals surface area contributed by atoms with E-state index in [1.807, 2.05) is 97.9 Å². The Morgan fingerprint density at radius 1 is 0.795 bits per heavy atom. The standard InChI is InChI=1S/C33H32N2O4/c1-33(32(36)39-23-25-19-20-28(37-2)29(21-25)38-3)30(26-15-9-5-10-16-26)35(22-24-13-7-4-8-14-24)31(34-33)27-17-11-6-12-18-27/h4-21,30H,22-23H2,1-3H3. The van der Waals surface area contributed by atoms with Crippen LogP contribution in [-0.4, -0.2) is 36.5 Å². The van der Waals surface area contributed by atoms with Gasteiger partial charge in [0, 0.05) is 12.1 Å². The SMILES string of the molecule is COc1ccc(COC(=O)C2(C)N=C(c3ccccc3)N(Cc3ccccc3)C2c2ccccc2)cc1OC. The molecular formula is C33H32N2O4. The lowest BCUT2D eigenvalue weighted by Crippen LogP contribution is -2.44. The summed E-state index contributed by atoms with van der Waals surface area (Å²) in [5.74, 6) is 1.57. The normalized spacial score (nSPS) is 18.4. The minimum Gasteiger partial charge on any atom is -0.493 e. The number of rotatable bonds is 9. The topological polar surface area (TPSA) is 60.4 Å². The van der Waals surface area contributed by atoms with Crippen LogP contribution in [0.1, 0.15) is 35.2 Å². The Labute approximate surface area is 229 Å². The first-order chi connectivity index (χ1) is 19.0. The van der Waals surface area contributed by atoms with Crippen molar-refractivity contribution in [1.82, 2.24) is 4.90 Å². The zero-order chi connectivity index (χ0) is 27.2. The van der Waals surface area contributed by atoms with Gasteiger partial charge in [0.15, 0.2) is 17.0 Å². The predicted molar refractivity (Wildman–Crippen MR) is 152 cm³/mol. The molecule has 6 heteroatoms. The number of hydrogen-bond donors (Lipinski definition) is 0. The van der Waals surface area contributed by atoms with Gasteiger partial charge in [0.2, 0.25) is 0 Å². The predicted octanol–water partition coefficient (Wildman–Crippen LogP) is 6.21. The van der Waals surface area contributed by atoms with E-state index in [-0.39, 0.29) is 12.6 Å². The van der Waals surface area contributed by atoms with Crippen molar-refractivity contribution in [2.24, 2.45) is 4.99 Å². The van der Waals surface area contributed by atoms with Crippen LogP contribution < -0.4 is 9.47 Å². The second-order valence-corrected chi connectivity index (χ2v) is 9.64. The van der Waals surface area contributed by atoms with Crippen molar-refractivity contribution in [1.29, 1.82) is 0 Å². The Morgan fingerprint density at radius 2 is 1.41 bits per heavy atom. The van der Waals surface area contributed by atoms with Crippen LogP contribution in [0.5, 0.6) is 11.5 Å². The van der Waals surface area contributed by atoms with Crippen molar-refractivity contribution in [2.75, 3.05) is 14.2 Å². The van der Waals surface area contributed by atoms with Gasteiger partial charge in [0.05, 0.1) is 20.3 Å². The minimum absolute atomic E-state index is 0.0885. The summed E-state index contributed by atoms with van der Waals surface area (Å²) in [6.45, 7) is 2.55. The van der Waals surface area contributed by atoms with Crippen molar-refractivity contribution in [3.05, 3.63) is 131 Å². The van der Waals surface area contributed by atoms with Crippen LogP contribution in [-0.2, 0) is 22.7 Å². The molecule has 2 atom stereocenters. The number of esters is 1. The van der Waals surface area contributed by atoms with Crippen LogP contribution >= 0.6 is 0 Å². The molecule has 0 fully saturated rings. The average Bonchev–Trinajstić information content (AvgIpc) is 3.29. The Hall–Kier alpha value is -4.58. The summed E-state index contributed by atoms with van der Waals surface area (Å²) in [6.07, 6.45) is 0. The average molecular weight is 521 g/mol. The van der Waals surface area contributed by atoms with Gasteiger partial charge in [-0.1, -0.05) is 97.1 Å². The molecular weight excluding hydrogens is 488 g/mol. The molecule has 39 heavy (non-hydrogen) atoms. The molecule has 0 amide bonds. The highest BCUT2D eigenvalue weighted by molar-refractivity contribution is 6.04. The molecule has 1 aliphatic heterocycles. The quantitative estimate of drug-likeness (QED) is 0.246. The highest BCUT2D eigenvalue weighted by Crippen LogP contribution is 2.43. The molecule has 0 spiro atoms. The fourth-order valence-electron chi connectivity index (χ4n) is 5.10. The molecule has 4 aromatic rings. The van der Waals surface area contributed by atoms with E-state index in [2.05, 4.69) is 17.0 Å². The number of amidine groups is 1. The van der Waals surface area contributed by atoms with Crippen molar-refractivity contribution in [2.45, 2.75) is 31.7 Å². The highest BCUT2D eigenvalue weighted by atomic mass is 16.5. The molecule has 4 aromatic carbocycles. The van der Waals surface area contributed by atoms with E-state index in [1.54, 1.807) is 20.3 Å². The maximum atomic E-state index is 14.0. The molecule has 5 rings (SSSR count). The van der Waals surface area contributed by atoms with E-state index in [0.29, 0.717) is 18.0 Å². The molecule has 198 valence electrons. The van der Waals surface area contributed by atoms with Gasteiger partial charge in [-0.2, -0.15) is 0 Å². The van der Waals surface area contributed by atoms with Crippen LogP contribution in [0, 0.1) is 0 Å². The third-order valence-corrected chi connectivity index (χ3v) is 7.03.